The number of hydrogen-bond donors (Lipinski definition) is 2. The summed E-state index contributed by atoms with van der Waals surface area (Å²) in [5.41, 5.74) is 0. The standard InChI is InChI=1S/C11H20N2O2S/c1-16-7-5-3-2-4-6-12-9-8-10(14)13-11(9)15/h9,12H,2-8H2,1H3,(H,13,14,15). The smallest absolute Gasteiger partial charge is 0.244 e. The van der Waals surface area contributed by atoms with Gasteiger partial charge in [0.15, 0.2) is 0 Å². The molecule has 4 nitrogen and oxygen atoms in total. The topological polar surface area (TPSA) is 58.2 Å². The molecule has 0 aromatic carbocycles. The van der Waals surface area contributed by atoms with Crippen molar-refractivity contribution in [3.63, 3.8) is 0 Å². The number of carbonyl (C=O) groups is 2. The lowest BCUT2D eigenvalue weighted by Gasteiger charge is -2.08. The summed E-state index contributed by atoms with van der Waals surface area (Å²) in [4.78, 5) is 22.1. The Labute approximate surface area is 101 Å². The van der Waals surface area contributed by atoms with Crippen molar-refractivity contribution in [2.24, 2.45) is 0 Å². The molecule has 1 fully saturated rings. The van der Waals surface area contributed by atoms with E-state index >= 15 is 0 Å². The summed E-state index contributed by atoms with van der Waals surface area (Å²) in [6, 6.07) is -0.293. The maximum Gasteiger partial charge on any atom is 0.244 e. The van der Waals surface area contributed by atoms with Gasteiger partial charge in [-0.1, -0.05) is 12.8 Å². The summed E-state index contributed by atoms with van der Waals surface area (Å²) in [5, 5.41) is 5.41. The van der Waals surface area contributed by atoms with Crippen LogP contribution in [0.5, 0.6) is 0 Å². The van der Waals surface area contributed by atoms with Crippen molar-refractivity contribution in [2.75, 3.05) is 18.6 Å². The highest BCUT2D eigenvalue weighted by Gasteiger charge is 2.29. The maximum atomic E-state index is 11.2. The Morgan fingerprint density at radius 1 is 1.31 bits per heavy atom. The van der Waals surface area contributed by atoms with Gasteiger partial charge in [0.25, 0.3) is 0 Å². The molecule has 0 spiro atoms. The second-order valence-corrected chi connectivity index (χ2v) is 5.02. The SMILES string of the molecule is CSCCCCCCNC1CC(=O)NC1=O. The predicted molar refractivity (Wildman–Crippen MR) is 66.4 cm³/mol. The number of nitrogens with one attached hydrogen (secondary N) is 2. The number of hydrogen-bond acceptors (Lipinski definition) is 4. The normalized spacial score (nSPS) is 20.2. The van der Waals surface area contributed by atoms with Gasteiger partial charge >= 0.3 is 0 Å². The summed E-state index contributed by atoms with van der Waals surface area (Å²) in [6.07, 6.45) is 7.20. The minimum absolute atomic E-state index is 0.164. The van der Waals surface area contributed by atoms with Gasteiger partial charge in [-0.15, -0.1) is 0 Å². The van der Waals surface area contributed by atoms with Crippen molar-refractivity contribution in [3.8, 4) is 0 Å². The fourth-order valence-corrected chi connectivity index (χ4v) is 2.21. The average Bonchev–Trinajstić information content (AvgIpc) is 2.56. The molecule has 0 radical (unpaired) electrons. The van der Waals surface area contributed by atoms with E-state index in [0.29, 0.717) is 6.42 Å². The van der Waals surface area contributed by atoms with Gasteiger partial charge in [-0.3, -0.25) is 14.9 Å². The van der Waals surface area contributed by atoms with Crippen LogP contribution in [0, 0.1) is 0 Å². The fraction of sp³-hybridized carbons (Fsp3) is 0.818. The van der Waals surface area contributed by atoms with Gasteiger partial charge < -0.3 is 5.32 Å². The highest BCUT2D eigenvalue weighted by Crippen LogP contribution is 2.05. The lowest BCUT2D eigenvalue weighted by molar-refractivity contribution is -0.125. The summed E-state index contributed by atoms with van der Waals surface area (Å²) in [5.74, 6) is 0.891. The van der Waals surface area contributed by atoms with E-state index in [1.54, 1.807) is 0 Å². The number of thioether (sulfide) groups is 1. The average molecular weight is 244 g/mol. The van der Waals surface area contributed by atoms with Gasteiger partial charge in [0.2, 0.25) is 11.8 Å². The zero-order valence-electron chi connectivity index (χ0n) is 9.75. The summed E-state index contributed by atoms with van der Waals surface area (Å²) < 4.78 is 0. The largest absolute Gasteiger partial charge is 0.305 e. The monoisotopic (exact) mass is 244 g/mol. The number of amides is 2. The molecular weight excluding hydrogens is 224 g/mol. The molecule has 2 N–H and O–H groups in total. The Morgan fingerprint density at radius 2 is 2.06 bits per heavy atom. The zero-order chi connectivity index (χ0) is 11.8. The van der Waals surface area contributed by atoms with Crippen LogP contribution in [0.4, 0.5) is 0 Å². The van der Waals surface area contributed by atoms with E-state index in [9.17, 15) is 9.59 Å². The van der Waals surface area contributed by atoms with Crippen molar-refractivity contribution < 1.29 is 9.59 Å². The van der Waals surface area contributed by atoms with Crippen LogP contribution < -0.4 is 10.6 Å². The summed E-state index contributed by atoms with van der Waals surface area (Å²) in [7, 11) is 0. The second-order valence-electron chi connectivity index (χ2n) is 4.03. The Hall–Kier alpha value is -0.550. The zero-order valence-corrected chi connectivity index (χ0v) is 10.6. The van der Waals surface area contributed by atoms with Gasteiger partial charge in [-0.2, -0.15) is 11.8 Å². The third kappa shape index (κ3) is 4.99. The molecule has 1 atom stereocenters. The van der Waals surface area contributed by atoms with Crippen molar-refractivity contribution in [1.82, 2.24) is 10.6 Å². The van der Waals surface area contributed by atoms with Crippen molar-refractivity contribution in [3.05, 3.63) is 0 Å². The van der Waals surface area contributed by atoms with E-state index in [4.69, 9.17) is 0 Å². The van der Waals surface area contributed by atoms with E-state index in [0.717, 1.165) is 13.0 Å². The van der Waals surface area contributed by atoms with Crippen LogP contribution >= 0.6 is 11.8 Å². The minimum Gasteiger partial charge on any atom is -0.305 e. The van der Waals surface area contributed by atoms with Gasteiger partial charge in [-0.05, 0) is 31.4 Å². The molecule has 1 rings (SSSR count). The third-order valence-corrected chi connectivity index (χ3v) is 3.33. The van der Waals surface area contributed by atoms with E-state index in [1.807, 2.05) is 11.8 Å². The number of carbonyl (C=O) groups excluding carboxylic acids is 2. The minimum atomic E-state index is -0.293. The van der Waals surface area contributed by atoms with Gasteiger partial charge in [-0.25, -0.2) is 0 Å². The number of imide groups is 1. The first-order chi connectivity index (χ1) is 7.74. The molecule has 1 aliphatic heterocycles. The Balaban J connectivity index is 1.95. The van der Waals surface area contributed by atoms with Gasteiger partial charge in [0.1, 0.15) is 0 Å². The molecule has 0 aliphatic carbocycles. The van der Waals surface area contributed by atoms with Gasteiger partial charge in [0, 0.05) is 0 Å². The van der Waals surface area contributed by atoms with Crippen LogP contribution in [0.25, 0.3) is 0 Å². The maximum absolute atomic E-state index is 11.2. The molecule has 1 saturated heterocycles. The highest BCUT2D eigenvalue weighted by molar-refractivity contribution is 7.98. The van der Waals surface area contributed by atoms with Crippen molar-refractivity contribution in [2.45, 2.75) is 38.1 Å². The van der Waals surface area contributed by atoms with Crippen LogP contribution in [0.3, 0.4) is 0 Å². The number of rotatable bonds is 8. The fourth-order valence-electron chi connectivity index (χ4n) is 1.72. The Bertz CT molecular complexity index is 246. The van der Waals surface area contributed by atoms with Crippen molar-refractivity contribution in [1.29, 1.82) is 0 Å². The molecular formula is C11H20N2O2S. The van der Waals surface area contributed by atoms with Crippen LogP contribution in [0.15, 0.2) is 0 Å². The summed E-state index contributed by atoms with van der Waals surface area (Å²) in [6.45, 7) is 0.824. The molecule has 1 aliphatic rings. The molecule has 0 bridgehead atoms. The first-order valence-corrected chi connectivity index (χ1v) is 7.19. The van der Waals surface area contributed by atoms with Crippen LogP contribution in [0.1, 0.15) is 32.1 Å². The van der Waals surface area contributed by atoms with E-state index in [-0.39, 0.29) is 17.9 Å². The molecule has 2 amide bonds. The Kier molecular flexibility index (Phi) is 6.49. The third-order valence-electron chi connectivity index (χ3n) is 2.63. The Morgan fingerprint density at radius 3 is 2.69 bits per heavy atom. The van der Waals surface area contributed by atoms with E-state index in [1.165, 1.54) is 25.0 Å². The summed E-state index contributed by atoms with van der Waals surface area (Å²) >= 11 is 1.88. The first kappa shape index (κ1) is 13.5. The molecule has 0 saturated carbocycles. The second kappa shape index (κ2) is 7.68. The molecule has 1 heterocycles. The van der Waals surface area contributed by atoms with Gasteiger partial charge in [0.05, 0.1) is 12.5 Å². The molecule has 16 heavy (non-hydrogen) atoms. The van der Waals surface area contributed by atoms with Crippen LogP contribution in [-0.2, 0) is 9.59 Å². The predicted octanol–water partition coefficient (Wildman–Crippen LogP) is 0.914. The molecule has 0 aromatic heterocycles. The van der Waals surface area contributed by atoms with E-state index in [2.05, 4.69) is 16.9 Å². The van der Waals surface area contributed by atoms with Crippen LogP contribution in [0.2, 0.25) is 0 Å². The molecule has 5 heteroatoms. The molecule has 0 aromatic rings. The quantitative estimate of drug-likeness (QED) is 0.492. The highest BCUT2D eigenvalue weighted by atomic mass is 32.2. The lowest BCUT2D eigenvalue weighted by Crippen LogP contribution is -2.36. The van der Waals surface area contributed by atoms with Crippen molar-refractivity contribution >= 4 is 23.6 Å². The lowest BCUT2D eigenvalue weighted by atomic mass is 10.2. The van der Waals surface area contributed by atoms with E-state index < -0.39 is 0 Å². The first-order valence-electron chi connectivity index (χ1n) is 5.80. The molecule has 1 unspecified atom stereocenters. The number of unbranched alkanes of at least 4 members (excludes halogenated alkanes) is 3. The molecule has 92 valence electrons. The van der Waals surface area contributed by atoms with Crippen LogP contribution in [-0.4, -0.2) is 36.4 Å².